The maximum Gasteiger partial charge on any atom is 0.249 e. The van der Waals surface area contributed by atoms with Gasteiger partial charge >= 0.3 is 0 Å². The molecule has 0 aromatic heterocycles. The van der Waals surface area contributed by atoms with E-state index in [1.165, 1.54) is 5.56 Å². The number of nitrogens with zero attached hydrogens (tertiary/aromatic N) is 3. The molecule has 1 fully saturated rings. The van der Waals surface area contributed by atoms with Gasteiger partial charge in [0.2, 0.25) is 5.96 Å². The van der Waals surface area contributed by atoms with E-state index in [1.54, 1.807) is 11.9 Å². The van der Waals surface area contributed by atoms with E-state index in [2.05, 4.69) is 22.2 Å². The van der Waals surface area contributed by atoms with Gasteiger partial charge in [-0.15, -0.1) is 0 Å². The Hall–Kier alpha value is -1.36. The van der Waals surface area contributed by atoms with Crippen molar-refractivity contribution in [1.82, 2.24) is 9.21 Å². The summed E-state index contributed by atoms with van der Waals surface area (Å²) in [7, 11) is 0. The lowest BCUT2D eigenvalue weighted by molar-refractivity contribution is 0.295. The molecule has 86 valence electrons. The van der Waals surface area contributed by atoms with Crippen LogP contribution in [0, 0.1) is 0 Å². The maximum atomic E-state index is 9.01. The number of hydrogen-bond donors (Lipinski definition) is 1. The predicted octanol–water partition coefficient (Wildman–Crippen LogP) is 2.18. The van der Waals surface area contributed by atoms with Crippen molar-refractivity contribution in [2.75, 3.05) is 12.4 Å². The average molecular weight is 237 g/mol. The molecule has 1 aromatic carbocycles. The lowest BCUT2D eigenvalue weighted by Crippen LogP contribution is -2.32. The summed E-state index contributed by atoms with van der Waals surface area (Å²) in [5.41, 5.74) is 1.22. The van der Waals surface area contributed by atoms with E-state index in [1.807, 2.05) is 29.4 Å². The van der Waals surface area contributed by atoms with Crippen molar-refractivity contribution in [2.45, 2.75) is 13.5 Å². The molecule has 2 rings (SSSR count). The topological polar surface area (TPSA) is 39.1 Å². The molecule has 16 heavy (non-hydrogen) atoms. The minimum atomic E-state index is 0.649. The van der Waals surface area contributed by atoms with Gasteiger partial charge in [0, 0.05) is 13.1 Å². The fraction of sp³-hybridized carbons (Fsp3) is 0.364. The molecule has 5 heteroatoms. The first-order chi connectivity index (χ1) is 7.85. The quantitative estimate of drug-likeness (QED) is 0.497. The molecule has 0 bridgehead atoms. The molecule has 0 radical (unpaired) electrons. The molecule has 1 aromatic rings. The SMILES string of the molecule is CCN1SCN(Cc2ccccc2)C1=NO. The predicted molar refractivity (Wildman–Crippen MR) is 66.0 cm³/mol. The fourth-order valence-corrected chi connectivity index (χ4v) is 2.61. The van der Waals surface area contributed by atoms with Gasteiger partial charge < -0.3 is 10.1 Å². The van der Waals surface area contributed by atoms with Gasteiger partial charge in [-0.05, 0) is 24.4 Å². The van der Waals surface area contributed by atoms with Crippen LogP contribution in [0.5, 0.6) is 0 Å². The lowest BCUT2D eigenvalue weighted by Gasteiger charge is -2.18. The normalized spacial score (nSPS) is 18.4. The van der Waals surface area contributed by atoms with Crippen molar-refractivity contribution in [3.63, 3.8) is 0 Å². The Morgan fingerprint density at radius 1 is 1.38 bits per heavy atom. The van der Waals surface area contributed by atoms with Crippen LogP contribution in [-0.2, 0) is 6.54 Å². The molecular weight excluding hydrogens is 222 g/mol. The standard InChI is InChI=1S/C11H15N3OS/c1-2-14-11(12-15)13(9-16-14)8-10-6-4-3-5-7-10/h3-7,15H,2,8-9H2,1H3. The Bertz CT molecular complexity index is 369. The van der Waals surface area contributed by atoms with Gasteiger partial charge in [0.1, 0.15) is 0 Å². The van der Waals surface area contributed by atoms with Crippen molar-refractivity contribution < 1.29 is 5.21 Å². The monoisotopic (exact) mass is 237 g/mol. The zero-order valence-corrected chi connectivity index (χ0v) is 10.0. The second-order valence-electron chi connectivity index (χ2n) is 3.54. The highest BCUT2D eigenvalue weighted by molar-refractivity contribution is 7.97. The molecule has 1 N–H and O–H groups in total. The molecular formula is C11H15N3OS. The number of benzene rings is 1. The number of rotatable bonds is 3. The second kappa shape index (κ2) is 5.12. The van der Waals surface area contributed by atoms with E-state index in [4.69, 9.17) is 5.21 Å². The van der Waals surface area contributed by atoms with E-state index in [0.29, 0.717) is 5.96 Å². The zero-order chi connectivity index (χ0) is 11.4. The largest absolute Gasteiger partial charge is 0.408 e. The van der Waals surface area contributed by atoms with Crippen LogP contribution < -0.4 is 0 Å². The van der Waals surface area contributed by atoms with Crippen molar-refractivity contribution in [1.29, 1.82) is 0 Å². The summed E-state index contributed by atoms with van der Waals surface area (Å²) in [6.45, 7) is 3.67. The first kappa shape index (κ1) is 11.1. The van der Waals surface area contributed by atoms with Crippen LogP contribution in [-0.4, -0.2) is 32.8 Å². The summed E-state index contributed by atoms with van der Waals surface area (Å²) in [5.74, 6) is 1.48. The van der Waals surface area contributed by atoms with Gasteiger partial charge in [0.05, 0.1) is 5.88 Å². The molecule has 0 saturated carbocycles. The van der Waals surface area contributed by atoms with Gasteiger partial charge in [0.15, 0.2) is 0 Å². The highest BCUT2D eigenvalue weighted by atomic mass is 32.2. The Kier molecular flexibility index (Phi) is 3.56. The molecule has 0 atom stereocenters. The molecule has 0 aliphatic carbocycles. The fourth-order valence-electron chi connectivity index (χ4n) is 1.68. The number of oxime groups is 1. The van der Waals surface area contributed by atoms with Crippen molar-refractivity contribution in [3.05, 3.63) is 35.9 Å². The van der Waals surface area contributed by atoms with Gasteiger partial charge in [-0.2, -0.15) is 0 Å². The molecule has 0 amide bonds. The third-order valence-corrected chi connectivity index (χ3v) is 3.63. The number of hydrogen-bond acceptors (Lipinski definition) is 3. The molecule has 0 spiro atoms. The highest BCUT2D eigenvalue weighted by Crippen LogP contribution is 2.24. The Morgan fingerprint density at radius 2 is 2.12 bits per heavy atom. The van der Waals surface area contributed by atoms with Crippen LogP contribution >= 0.6 is 11.9 Å². The van der Waals surface area contributed by atoms with Crippen molar-refractivity contribution in [2.24, 2.45) is 5.16 Å². The van der Waals surface area contributed by atoms with Crippen LogP contribution in [0.25, 0.3) is 0 Å². The van der Waals surface area contributed by atoms with Crippen LogP contribution in [0.1, 0.15) is 12.5 Å². The van der Waals surface area contributed by atoms with E-state index < -0.39 is 0 Å². The molecule has 1 saturated heterocycles. The van der Waals surface area contributed by atoms with Gasteiger partial charge in [-0.25, -0.2) is 0 Å². The maximum absolute atomic E-state index is 9.01. The first-order valence-electron chi connectivity index (χ1n) is 5.26. The van der Waals surface area contributed by atoms with Crippen LogP contribution in [0.2, 0.25) is 0 Å². The number of guanidine groups is 1. The Morgan fingerprint density at radius 3 is 2.75 bits per heavy atom. The molecule has 1 heterocycles. The van der Waals surface area contributed by atoms with E-state index in [0.717, 1.165) is 19.0 Å². The van der Waals surface area contributed by atoms with Crippen molar-refractivity contribution >= 4 is 17.9 Å². The summed E-state index contributed by atoms with van der Waals surface area (Å²) in [6.07, 6.45) is 0. The summed E-state index contributed by atoms with van der Waals surface area (Å²) in [4.78, 5) is 2.06. The van der Waals surface area contributed by atoms with Gasteiger partial charge in [-0.3, -0.25) is 4.31 Å². The van der Waals surface area contributed by atoms with Gasteiger partial charge in [-0.1, -0.05) is 35.5 Å². The smallest absolute Gasteiger partial charge is 0.249 e. The first-order valence-corrected chi connectivity index (χ1v) is 6.20. The van der Waals surface area contributed by atoms with Crippen molar-refractivity contribution in [3.8, 4) is 0 Å². The van der Waals surface area contributed by atoms with E-state index in [9.17, 15) is 0 Å². The highest BCUT2D eigenvalue weighted by Gasteiger charge is 2.26. The minimum Gasteiger partial charge on any atom is -0.408 e. The van der Waals surface area contributed by atoms with E-state index in [-0.39, 0.29) is 0 Å². The summed E-state index contributed by atoms with van der Waals surface area (Å²) in [6, 6.07) is 10.2. The summed E-state index contributed by atoms with van der Waals surface area (Å²) >= 11 is 1.67. The Labute approximate surface area is 99.7 Å². The molecule has 1 aliphatic heterocycles. The average Bonchev–Trinajstić information content (AvgIpc) is 2.72. The zero-order valence-electron chi connectivity index (χ0n) is 9.21. The van der Waals surface area contributed by atoms with Crippen LogP contribution in [0.15, 0.2) is 35.5 Å². The van der Waals surface area contributed by atoms with E-state index >= 15 is 0 Å². The van der Waals surface area contributed by atoms with Crippen LogP contribution in [0.3, 0.4) is 0 Å². The lowest BCUT2D eigenvalue weighted by atomic mass is 10.2. The summed E-state index contributed by atoms with van der Waals surface area (Å²) in [5, 5.41) is 12.4. The van der Waals surface area contributed by atoms with Crippen LogP contribution in [0.4, 0.5) is 0 Å². The second-order valence-corrected chi connectivity index (χ2v) is 4.49. The Balaban J connectivity index is 2.06. The van der Waals surface area contributed by atoms with Gasteiger partial charge in [0.25, 0.3) is 0 Å². The molecule has 0 unspecified atom stereocenters. The molecule has 4 nitrogen and oxygen atoms in total. The third-order valence-electron chi connectivity index (χ3n) is 2.47. The minimum absolute atomic E-state index is 0.649. The third kappa shape index (κ3) is 2.24. The molecule has 1 aliphatic rings. The summed E-state index contributed by atoms with van der Waals surface area (Å²) < 4.78 is 1.99.